The van der Waals surface area contributed by atoms with Crippen LogP contribution in [0.5, 0.6) is 0 Å². The standard InChI is InChI=1S/C13H25NO/c1-6-9-12(11(4)5)10-13(15)14(7-2)8-3/h6,9,11-12H,7-8,10H2,1-5H3. The minimum absolute atomic E-state index is 0.275. The zero-order chi connectivity index (χ0) is 11.8. The molecule has 0 N–H and O–H groups in total. The summed E-state index contributed by atoms with van der Waals surface area (Å²) < 4.78 is 0. The highest BCUT2D eigenvalue weighted by Gasteiger charge is 2.17. The maximum atomic E-state index is 11.9. The van der Waals surface area contributed by atoms with Crippen molar-refractivity contribution in [2.45, 2.75) is 41.0 Å². The van der Waals surface area contributed by atoms with Crippen molar-refractivity contribution in [2.75, 3.05) is 13.1 Å². The maximum absolute atomic E-state index is 11.9. The van der Waals surface area contributed by atoms with Crippen LogP contribution in [0.4, 0.5) is 0 Å². The number of hydrogen-bond donors (Lipinski definition) is 0. The van der Waals surface area contributed by atoms with E-state index >= 15 is 0 Å². The molecule has 0 fully saturated rings. The van der Waals surface area contributed by atoms with Crippen LogP contribution in [0.3, 0.4) is 0 Å². The van der Waals surface area contributed by atoms with Crippen molar-refractivity contribution in [1.29, 1.82) is 0 Å². The van der Waals surface area contributed by atoms with Gasteiger partial charge in [-0.15, -0.1) is 0 Å². The molecule has 0 bridgehead atoms. The SMILES string of the molecule is CC=CC(CC(=O)N(CC)CC)C(C)C. The quantitative estimate of drug-likeness (QED) is 0.618. The number of rotatable bonds is 6. The monoisotopic (exact) mass is 211 g/mol. The smallest absolute Gasteiger partial charge is 0.223 e. The molecule has 0 aliphatic carbocycles. The lowest BCUT2D eigenvalue weighted by Crippen LogP contribution is -2.32. The highest BCUT2D eigenvalue weighted by atomic mass is 16.2. The second-order valence-electron chi connectivity index (χ2n) is 4.20. The minimum Gasteiger partial charge on any atom is -0.343 e. The predicted octanol–water partition coefficient (Wildman–Crippen LogP) is 3.09. The van der Waals surface area contributed by atoms with Gasteiger partial charge in [0.25, 0.3) is 0 Å². The van der Waals surface area contributed by atoms with Crippen LogP contribution in [-0.2, 0) is 4.79 Å². The van der Waals surface area contributed by atoms with E-state index < -0.39 is 0 Å². The van der Waals surface area contributed by atoms with Gasteiger partial charge in [0.1, 0.15) is 0 Å². The Balaban J connectivity index is 4.33. The predicted molar refractivity (Wildman–Crippen MR) is 65.7 cm³/mol. The number of amides is 1. The molecule has 0 saturated carbocycles. The lowest BCUT2D eigenvalue weighted by atomic mass is 9.91. The van der Waals surface area contributed by atoms with Gasteiger partial charge in [0.05, 0.1) is 0 Å². The first-order chi connectivity index (χ1) is 7.06. The van der Waals surface area contributed by atoms with Crippen molar-refractivity contribution >= 4 is 5.91 Å². The van der Waals surface area contributed by atoms with E-state index in [9.17, 15) is 4.79 Å². The minimum atomic E-state index is 0.275. The summed E-state index contributed by atoms with van der Waals surface area (Å²) in [4.78, 5) is 13.8. The molecule has 0 aliphatic heterocycles. The fraction of sp³-hybridized carbons (Fsp3) is 0.769. The summed E-state index contributed by atoms with van der Waals surface area (Å²) in [6.45, 7) is 12.0. The second-order valence-corrected chi connectivity index (χ2v) is 4.20. The Bertz CT molecular complexity index is 205. The molecule has 0 saturated heterocycles. The van der Waals surface area contributed by atoms with E-state index in [1.54, 1.807) is 0 Å². The molecular weight excluding hydrogens is 186 g/mol. The summed E-state index contributed by atoms with van der Waals surface area (Å²) in [6.07, 6.45) is 4.83. The number of nitrogens with zero attached hydrogens (tertiary/aromatic N) is 1. The van der Waals surface area contributed by atoms with E-state index in [0.29, 0.717) is 18.3 Å². The van der Waals surface area contributed by atoms with Gasteiger partial charge in [-0.3, -0.25) is 4.79 Å². The highest BCUT2D eigenvalue weighted by molar-refractivity contribution is 5.76. The van der Waals surface area contributed by atoms with E-state index in [1.165, 1.54) is 0 Å². The molecule has 1 unspecified atom stereocenters. The third-order valence-electron chi connectivity index (χ3n) is 2.82. The van der Waals surface area contributed by atoms with Crippen LogP contribution in [-0.4, -0.2) is 23.9 Å². The highest BCUT2D eigenvalue weighted by Crippen LogP contribution is 2.18. The molecule has 0 aromatic carbocycles. The molecule has 15 heavy (non-hydrogen) atoms. The molecule has 0 aliphatic rings. The van der Waals surface area contributed by atoms with Gasteiger partial charge in [-0.1, -0.05) is 26.0 Å². The first-order valence-electron chi connectivity index (χ1n) is 5.97. The zero-order valence-electron chi connectivity index (χ0n) is 10.8. The molecule has 2 nitrogen and oxygen atoms in total. The van der Waals surface area contributed by atoms with Crippen molar-refractivity contribution in [3.8, 4) is 0 Å². The summed E-state index contributed by atoms with van der Waals surface area (Å²) in [5.74, 6) is 1.18. The number of carbonyl (C=O) groups is 1. The largest absolute Gasteiger partial charge is 0.343 e. The molecule has 0 aromatic heterocycles. The second kappa shape index (κ2) is 7.49. The Kier molecular flexibility index (Phi) is 7.10. The van der Waals surface area contributed by atoms with E-state index in [0.717, 1.165) is 13.1 Å². The summed E-state index contributed by atoms with van der Waals surface area (Å²) in [5.41, 5.74) is 0. The van der Waals surface area contributed by atoms with Gasteiger partial charge >= 0.3 is 0 Å². The number of carbonyl (C=O) groups excluding carboxylic acids is 1. The van der Waals surface area contributed by atoms with Gasteiger partial charge in [0.2, 0.25) is 5.91 Å². The molecule has 88 valence electrons. The summed E-state index contributed by atoms with van der Waals surface area (Å²) in [7, 11) is 0. The lowest BCUT2D eigenvalue weighted by Gasteiger charge is -2.23. The number of hydrogen-bond acceptors (Lipinski definition) is 1. The van der Waals surface area contributed by atoms with Crippen LogP contribution in [0.2, 0.25) is 0 Å². The van der Waals surface area contributed by atoms with Gasteiger partial charge in [0, 0.05) is 19.5 Å². The van der Waals surface area contributed by atoms with Crippen molar-refractivity contribution in [3.63, 3.8) is 0 Å². The Morgan fingerprint density at radius 2 is 1.80 bits per heavy atom. The normalized spacial score (nSPS) is 13.5. The fourth-order valence-corrected chi connectivity index (χ4v) is 1.68. The molecule has 0 rings (SSSR count). The average molecular weight is 211 g/mol. The van der Waals surface area contributed by atoms with E-state index in [4.69, 9.17) is 0 Å². The zero-order valence-corrected chi connectivity index (χ0v) is 10.8. The molecule has 1 atom stereocenters. The van der Waals surface area contributed by atoms with Crippen molar-refractivity contribution in [3.05, 3.63) is 12.2 Å². The van der Waals surface area contributed by atoms with Crippen LogP contribution < -0.4 is 0 Å². The molecule has 0 heterocycles. The van der Waals surface area contributed by atoms with Crippen LogP contribution in [0.25, 0.3) is 0 Å². The van der Waals surface area contributed by atoms with Crippen LogP contribution in [0.15, 0.2) is 12.2 Å². The Labute approximate surface area is 94.4 Å². The third kappa shape index (κ3) is 5.01. The Morgan fingerprint density at radius 1 is 1.27 bits per heavy atom. The molecule has 0 radical (unpaired) electrons. The third-order valence-corrected chi connectivity index (χ3v) is 2.82. The molecule has 1 amide bonds. The van der Waals surface area contributed by atoms with Crippen molar-refractivity contribution in [2.24, 2.45) is 11.8 Å². The summed E-state index contributed by atoms with van der Waals surface area (Å²) in [5, 5.41) is 0. The van der Waals surface area contributed by atoms with Gasteiger partial charge in [-0.2, -0.15) is 0 Å². The summed E-state index contributed by atoms with van der Waals surface area (Å²) in [6, 6.07) is 0. The Hall–Kier alpha value is -0.790. The first kappa shape index (κ1) is 14.2. The number of allylic oxidation sites excluding steroid dienone is 2. The average Bonchev–Trinajstić information content (AvgIpc) is 2.18. The first-order valence-corrected chi connectivity index (χ1v) is 5.97. The van der Waals surface area contributed by atoms with E-state index in [2.05, 4.69) is 19.9 Å². The van der Waals surface area contributed by atoms with E-state index in [-0.39, 0.29) is 5.91 Å². The van der Waals surface area contributed by atoms with Crippen molar-refractivity contribution < 1.29 is 4.79 Å². The van der Waals surface area contributed by atoms with Gasteiger partial charge in [-0.25, -0.2) is 0 Å². The Morgan fingerprint density at radius 3 is 2.13 bits per heavy atom. The van der Waals surface area contributed by atoms with Crippen molar-refractivity contribution in [1.82, 2.24) is 4.90 Å². The summed E-state index contributed by atoms with van der Waals surface area (Å²) >= 11 is 0. The fourth-order valence-electron chi connectivity index (χ4n) is 1.68. The van der Waals surface area contributed by atoms with Crippen LogP contribution in [0.1, 0.15) is 41.0 Å². The maximum Gasteiger partial charge on any atom is 0.223 e. The van der Waals surface area contributed by atoms with Gasteiger partial charge < -0.3 is 4.90 Å². The molecule has 0 spiro atoms. The van der Waals surface area contributed by atoms with E-state index in [1.807, 2.05) is 31.7 Å². The van der Waals surface area contributed by atoms with Gasteiger partial charge in [-0.05, 0) is 32.6 Å². The molecule has 2 heteroatoms. The lowest BCUT2D eigenvalue weighted by molar-refractivity contribution is -0.131. The molecular formula is C13H25NO. The van der Waals surface area contributed by atoms with Gasteiger partial charge in [0.15, 0.2) is 0 Å². The van der Waals surface area contributed by atoms with Crippen LogP contribution >= 0.6 is 0 Å². The molecule has 0 aromatic rings. The topological polar surface area (TPSA) is 20.3 Å². The van der Waals surface area contributed by atoms with Crippen LogP contribution in [0, 0.1) is 11.8 Å².